The van der Waals surface area contributed by atoms with Gasteiger partial charge in [-0.2, -0.15) is 0 Å². The quantitative estimate of drug-likeness (QED) is 0.791. The Bertz CT molecular complexity index is 380. The number of amides is 1. The van der Waals surface area contributed by atoms with Crippen LogP contribution < -0.4 is 10.6 Å². The summed E-state index contributed by atoms with van der Waals surface area (Å²) in [5.41, 5.74) is 0.672. The lowest BCUT2D eigenvalue weighted by Gasteiger charge is -2.19. The second-order valence-electron chi connectivity index (χ2n) is 5.13. The maximum atomic E-state index is 11.3. The number of aryl methyl sites for hydroxylation is 1. The number of rotatable bonds is 5. The van der Waals surface area contributed by atoms with Gasteiger partial charge in [-0.05, 0) is 39.3 Å². The number of hydrogen-bond donors (Lipinski definition) is 2. The van der Waals surface area contributed by atoms with E-state index in [-0.39, 0.29) is 0 Å². The molecule has 0 unspecified atom stereocenters. The standard InChI is InChI=1S/C13H22N2O3/c1-10-5-8-17-11(10)9-14-6-7-15-12(16)18-13(2,3)4/h5,8,14H,6-7,9H2,1-4H3,(H,15,16). The molecule has 2 N–H and O–H groups in total. The van der Waals surface area contributed by atoms with E-state index < -0.39 is 11.7 Å². The molecule has 0 fully saturated rings. The van der Waals surface area contributed by atoms with Gasteiger partial charge >= 0.3 is 6.09 Å². The fourth-order valence-electron chi connectivity index (χ4n) is 1.35. The van der Waals surface area contributed by atoms with Crippen LogP contribution in [0.1, 0.15) is 32.1 Å². The average molecular weight is 254 g/mol. The Kier molecular flexibility index (Phi) is 5.22. The third-order valence-corrected chi connectivity index (χ3v) is 2.22. The summed E-state index contributed by atoms with van der Waals surface area (Å²) in [7, 11) is 0. The summed E-state index contributed by atoms with van der Waals surface area (Å²) in [6.07, 6.45) is 1.28. The Morgan fingerprint density at radius 3 is 2.67 bits per heavy atom. The lowest BCUT2D eigenvalue weighted by atomic mass is 10.2. The minimum absolute atomic E-state index is 0.390. The fourth-order valence-corrected chi connectivity index (χ4v) is 1.35. The topological polar surface area (TPSA) is 63.5 Å². The van der Waals surface area contributed by atoms with Crippen LogP contribution in [-0.2, 0) is 11.3 Å². The van der Waals surface area contributed by atoms with Crippen molar-refractivity contribution in [3.8, 4) is 0 Å². The Labute approximate surface area is 108 Å². The van der Waals surface area contributed by atoms with Crippen LogP contribution in [0.3, 0.4) is 0 Å². The monoisotopic (exact) mass is 254 g/mol. The van der Waals surface area contributed by atoms with Gasteiger partial charge < -0.3 is 19.8 Å². The Hall–Kier alpha value is -1.49. The van der Waals surface area contributed by atoms with E-state index in [1.165, 1.54) is 0 Å². The Morgan fingerprint density at radius 1 is 1.39 bits per heavy atom. The summed E-state index contributed by atoms with van der Waals surface area (Å²) in [5.74, 6) is 0.923. The molecule has 1 aromatic heterocycles. The highest BCUT2D eigenvalue weighted by atomic mass is 16.6. The SMILES string of the molecule is Cc1ccoc1CNCCNC(=O)OC(C)(C)C. The first-order valence-corrected chi connectivity index (χ1v) is 6.09. The first-order valence-electron chi connectivity index (χ1n) is 6.09. The Balaban J connectivity index is 2.09. The molecule has 0 spiro atoms. The van der Waals surface area contributed by atoms with Gasteiger partial charge in [0.25, 0.3) is 0 Å². The highest BCUT2D eigenvalue weighted by Crippen LogP contribution is 2.07. The molecule has 0 aliphatic heterocycles. The molecule has 0 atom stereocenters. The molecule has 1 heterocycles. The van der Waals surface area contributed by atoms with Gasteiger partial charge in [0, 0.05) is 13.1 Å². The van der Waals surface area contributed by atoms with Crippen LogP contribution in [0.25, 0.3) is 0 Å². The van der Waals surface area contributed by atoms with E-state index in [4.69, 9.17) is 9.15 Å². The molecule has 18 heavy (non-hydrogen) atoms. The van der Waals surface area contributed by atoms with Crippen LogP contribution in [0.15, 0.2) is 16.7 Å². The maximum Gasteiger partial charge on any atom is 0.407 e. The molecule has 0 saturated carbocycles. The lowest BCUT2D eigenvalue weighted by molar-refractivity contribution is 0.0528. The van der Waals surface area contributed by atoms with E-state index in [0.29, 0.717) is 19.6 Å². The van der Waals surface area contributed by atoms with E-state index in [1.54, 1.807) is 6.26 Å². The molecule has 5 nitrogen and oxygen atoms in total. The number of nitrogens with one attached hydrogen (secondary N) is 2. The van der Waals surface area contributed by atoms with Gasteiger partial charge in [-0.25, -0.2) is 4.79 Å². The number of carbonyl (C=O) groups excluding carboxylic acids is 1. The molecule has 0 bridgehead atoms. The van der Waals surface area contributed by atoms with Crippen molar-refractivity contribution in [1.82, 2.24) is 10.6 Å². The van der Waals surface area contributed by atoms with Crippen molar-refractivity contribution in [1.29, 1.82) is 0 Å². The van der Waals surface area contributed by atoms with Crippen LogP contribution in [0, 0.1) is 6.92 Å². The number of furan rings is 1. The van der Waals surface area contributed by atoms with Crippen molar-refractivity contribution < 1.29 is 13.9 Å². The molecule has 0 saturated heterocycles. The first kappa shape index (κ1) is 14.6. The third kappa shape index (κ3) is 5.72. The van der Waals surface area contributed by atoms with Crippen LogP contribution in [-0.4, -0.2) is 24.8 Å². The number of hydrogen-bond acceptors (Lipinski definition) is 4. The van der Waals surface area contributed by atoms with E-state index in [0.717, 1.165) is 11.3 Å². The molecule has 0 aliphatic rings. The second-order valence-corrected chi connectivity index (χ2v) is 5.13. The number of carbonyl (C=O) groups is 1. The summed E-state index contributed by atoms with van der Waals surface area (Å²) in [5, 5.41) is 5.86. The van der Waals surface area contributed by atoms with Gasteiger partial charge in [0.05, 0.1) is 12.8 Å². The smallest absolute Gasteiger partial charge is 0.407 e. The van der Waals surface area contributed by atoms with E-state index in [2.05, 4.69) is 10.6 Å². The summed E-state index contributed by atoms with van der Waals surface area (Å²) >= 11 is 0. The molecule has 1 amide bonds. The summed E-state index contributed by atoms with van der Waals surface area (Å²) in [6.45, 7) is 9.36. The van der Waals surface area contributed by atoms with Gasteiger partial charge in [-0.3, -0.25) is 0 Å². The van der Waals surface area contributed by atoms with Gasteiger partial charge in [-0.15, -0.1) is 0 Å². The normalized spacial score (nSPS) is 11.3. The van der Waals surface area contributed by atoms with E-state index >= 15 is 0 Å². The van der Waals surface area contributed by atoms with Crippen molar-refractivity contribution in [3.63, 3.8) is 0 Å². The lowest BCUT2D eigenvalue weighted by Crippen LogP contribution is -2.36. The molecule has 5 heteroatoms. The number of ether oxygens (including phenoxy) is 1. The zero-order valence-electron chi connectivity index (χ0n) is 11.5. The van der Waals surface area contributed by atoms with Gasteiger partial charge in [-0.1, -0.05) is 0 Å². The van der Waals surface area contributed by atoms with E-state index in [1.807, 2.05) is 33.8 Å². The van der Waals surface area contributed by atoms with Crippen molar-refractivity contribution in [3.05, 3.63) is 23.7 Å². The van der Waals surface area contributed by atoms with Crippen LogP contribution >= 0.6 is 0 Å². The van der Waals surface area contributed by atoms with E-state index in [9.17, 15) is 4.79 Å². The van der Waals surface area contributed by atoms with Crippen molar-refractivity contribution in [2.75, 3.05) is 13.1 Å². The zero-order chi connectivity index (χ0) is 13.6. The average Bonchev–Trinajstić information content (AvgIpc) is 2.61. The molecule has 102 valence electrons. The second kappa shape index (κ2) is 6.44. The molecule has 0 radical (unpaired) electrons. The van der Waals surface area contributed by atoms with Crippen molar-refractivity contribution in [2.24, 2.45) is 0 Å². The number of alkyl carbamates (subject to hydrolysis) is 1. The summed E-state index contributed by atoms with van der Waals surface area (Å²) in [6, 6.07) is 1.93. The first-order chi connectivity index (χ1) is 8.38. The van der Waals surface area contributed by atoms with Gasteiger partial charge in [0.15, 0.2) is 0 Å². The molecular formula is C13H22N2O3. The minimum atomic E-state index is -0.456. The van der Waals surface area contributed by atoms with Crippen molar-refractivity contribution >= 4 is 6.09 Å². The Morgan fingerprint density at radius 2 is 2.11 bits per heavy atom. The third-order valence-electron chi connectivity index (χ3n) is 2.22. The molecule has 0 aromatic carbocycles. The predicted molar refractivity (Wildman–Crippen MR) is 69.4 cm³/mol. The molecule has 1 rings (SSSR count). The summed E-state index contributed by atoms with van der Waals surface area (Å²) in [4.78, 5) is 11.3. The maximum absolute atomic E-state index is 11.3. The highest BCUT2D eigenvalue weighted by molar-refractivity contribution is 5.67. The van der Waals surface area contributed by atoms with Crippen LogP contribution in [0.2, 0.25) is 0 Å². The predicted octanol–water partition coefficient (Wildman–Crippen LogP) is 2.20. The molecular weight excluding hydrogens is 232 g/mol. The van der Waals surface area contributed by atoms with Gasteiger partial charge in [0.1, 0.15) is 11.4 Å². The summed E-state index contributed by atoms with van der Waals surface area (Å²) < 4.78 is 10.4. The molecule has 1 aromatic rings. The van der Waals surface area contributed by atoms with Crippen LogP contribution in [0.5, 0.6) is 0 Å². The molecule has 0 aliphatic carbocycles. The minimum Gasteiger partial charge on any atom is -0.468 e. The highest BCUT2D eigenvalue weighted by Gasteiger charge is 2.15. The van der Waals surface area contributed by atoms with Crippen molar-refractivity contribution in [2.45, 2.75) is 39.8 Å². The van der Waals surface area contributed by atoms with Crippen LogP contribution in [0.4, 0.5) is 4.79 Å². The van der Waals surface area contributed by atoms with Gasteiger partial charge in [0.2, 0.25) is 0 Å². The fraction of sp³-hybridized carbons (Fsp3) is 0.615. The zero-order valence-corrected chi connectivity index (χ0v) is 11.5. The largest absolute Gasteiger partial charge is 0.468 e.